The van der Waals surface area contributed by atoms with Crippen LogP contribution in [-0.4, -0.2) is 22.5 Å². The van der Waals surface area contributed by atoms with Gasteiger partial charge in [-0.1, -0.05) is 38.0 Å². The second kappa shape index (κ2) is 8.32. The van der Waals surface area contributed by atoms with Crippen molar-refractivity contribution in [1.29, 1.82) is 0 Å². The van der Waals surface area contributed by atoms with Crippen LogP contribution in [0.4, 0.5) is 4.39 Å². The third kappa shape index (κ3) is 5.17. The van der Waals surface area contributed by atoms with Gasteiger partial charge in [0.1, 0.15) is 10.8 Å². The molecule has 0 radical (unpaired) electrons. The predicted octanol–water partition coefficient (Wildman–Crippen LogP) is 3.86. The molecular weight excluding hydrogens is 271 g/mol. The Morgan fingerprint density at radius 2 is 2.05 bits per heavy atom. The van der Waals surface area contributed by atoms with E-state index in [0.717, 1.165) is 18.7 Å². The van der Waals surface area contributed by atoms with Crippen LogP contribution in [0.3, 0.4) is 0 Å². The topological polar surface area (TPSA) is 29.3 Å². The second-order valence-corrected chi connectivity index (χ2v) is 5.88. The highest BCUT2D eigenvalue weighted by Crippen LogP contribution is 2.16. The zero-order chi connectivity index (χ0) is 15.1. The smallest absolute Gasteiger partial charge is 0.123 e. The minimum atomic E-state index is -0.293. The fourth-order valence-electron chi connectivity index (χ4n) is 2.22. The highest BCUT2D eigenvalue weighted by molar-refractivity contribution is 7.80. The van der Waals surface area contributed by atoms with E-state index in [0.29, 0.717) is 11.6 Å². The lowest BCUT2D eigenvalue weighted by Crippen LogP contribution is -2.32. The molecule has 0 aliphatic heterocycles. The summed E-state index contributed by atoms with van der Waals surface area (Å²) in [6.07, 6.45) is 3.62. The molecule has 1 aromatic rings. The summed E-state index contributed by atoms with van der Waals surface area (Å²) in [7, 11) is 0. The number of halogens is 1. The number of rotatable bonds is 8. The fraction of sp³-hybridized carbons (Fsp3) is 0.562. The van der Waals surface area contributed by atoms with Crippen molar-refractivity contribution in [2.45, 2.75) is 52.6 Å². The number of thiocarbonyl (C=S) groups is 1. The van der Waals surface area contributed by atoms with Crippen LogP contribution in [0.5, 0.6) is 0 Å². The highest BCUT2D eigenvalue weighted by Gasteiger charge is 2.14. The average Bonchev–Trinajstić information content (AvgIpc) is 2.39. The van der Waals surface area contributed by atoms with Crippen molar-refractivity contribution in [2.75, 3.05) is 6.54 Å². The molecule has 0 heterocycles. The first kappa shape index (κ1) is 17.1. The van der Waals surface area contributed by atoms with Gasteiger partial charge in [0.2, 0.25) is 0 Å². The van der Waals surface area contributed by atoms with Crippen molar-refractivity contribution in [1.82, 2.24) is 4.90 Å². The molecule has 4 heteroatoms. The van der Waals surface area contributed by atoms with Gasteiger partial charge in [0, 0.05) is 18.2 Å². The molecule has 0 bridgehead atoms. The first-order chi connectivity index (χ1) is 9.45. The van der Waals surface area contributed by atoms with Crippen LogP contribution in [0, 0.1) is 5.82 Å². The lowest BCUT2D eigenvalue weighted by atomic mass is 10.1. The molecule has 0 amide bonds. The van der Waals surface area contributed by atoms with Crippen molar-refractivity contribution in [3.8, 4) is 0 Å². The Morgan fingerprint density at radius 1 is 1.35 bits per heavy atom. The number of unbranched alkanes of at least 4 members (excludes halogenated alkanes) is 2. The second-order valence-electron chi connectivity index (χ2n) is 5.44. The molecule has 0 atom stereocenters. The fourth-order valence-corrected chi connectivity index (χ4v) is 2.41. The summed E-state index contributed by atoms with van der Waals surface area (Å²) in [6, 6.07) is 5.14. The van der Waals surface area contributed by atoms with E-state index in [1.54, 1.807) is 6.07 Å². The lowest BCUT2D eigenvalue weighted by molar-refractivity contribution is 0.208. The van der Waals surface area contributed by atoms with Gasteiger partial charge in [-0.05, 0) is 44.5 Å². The Kier molecular flexibility index (Phi) is 7.10. The maximum Gasteiger partial charge on any atom is 0.123 e. The van der Waals surface area contributed by atoms with E-state index in [2.05, 4.69) is 25.7 Å². The van der Waals surface area contributed by atoms with Crippen molar-refractivity contribution in [2.24, 2.45) is 5.73 Å². The van der Waals surface area contributed by atoms with Gasteiger partial charge in [-0.3, -0.25) is 4.90 Å². The number of benzene rings is 1. The maximum absolute atomic E-state index is 13.3. The van der Waals surface area contributed by atoms with E-state index in [4.69, 9.17) is 18.0 Å². The summed E-state index contributed by atoms with van der Waals surface area (Å²) in [5.74, 6) is -0.293. The Balaban J connectivity index is 2.85. The van der Waals surface area contributed by atoms with Gasteiger partial charge in [0.15, 0.2) is 0 Å². The van der Waals surface area contributed by atoms with E-state index >= 15 is 0 Å². The van der Waals surface area contributed by atoms with Gasteiger partial charge in [-0.15, -0.1) is 0 Å². The molecule has 20 heavy (non-hydrogen) atoms. The molecule has 0 saturated heterocycles. The van der Waals surface area contributed by atoms with Gasteiger partial charge in [0.25, 0.3) is 0 Å². The highest BCUT2D eigenvalue weighted by atomic mass is 32.1. The Labute approximate surface area is 127 Å². The van der Waals surface area contributed by atoms with Gasteiger partial charge in [-0.2, -0.15) is 0 Å². The van der Waals surface area contributed by atoms with Crippen LogP contribution < -0.4 is 5.73 Å². The van der Waals surface area contributed by atoms with Gasteiger partial charge in [-0.25, -0.2) is 4.39 Å². The van der Waals surface area contributed by atoms with Crippen molar-refractivity contribution >= 4 is 17.2 Å². The maximum atomic E-state index is 13.3. The van der Waals surface area contributed by atoms with Gasteiger partial charge < -0.3 is 5.73 Å². The summed E-state index contributed by atoms with van der Waals surface area (Å²) in [4.78, 5) is 2.64. The quantitative estimate of drug-likeness (QED) is 0.583. The molecule has 1 aromatic carbocycles. The minimum absolute atomic E-state index is 0.261. The van der Waals surface area contributed by atoms with Crippen molar-refractivity contribution < 1.29 is 4.39 Å². The summed E-state index contributed by atoms with van der Waals surface area (Å²) >= 11 is 5.03. The van der Waals surface area contributed by atoms with E-state index < -0.39 is 0 Å². The molecular formula is C16H25FN2S. The summed E-state index contributed by atoms with van der Waals surface area (Å²) in [5, 5.41) is 0. The zero-order valence-electron chi connectivity index (χ0n) is 12.7. The van der Waals surface area contributed by atoms with E-state index in [-0.39, 0.29) is 10.8 Å². The minimum Gasteiger partial charge on any atom is -0.389 e. The summed E-state index contributed by atoms with van der Waals surface area (Å²) < 4.78 is 13.3. The van der Waals surface area contributed by atoms with Crippen LogP contribution in [0.1, 0.15) is 51.2 Å². The van der Waals surface area contributed by atoms with E-state index in [1.165, 1.54) is 31.4 Å². The molecule has 2 N–H and O–H groups in total. The number of hydrogen-bond donors (Lipinski definition) is 1. The van der Waals surface area contributed by atoms with Crippen molar-refractivity contribution in [3.63, 3.8) is 0 Å². The molecule has 2 nitrogen and oxygen atoms in total. The molecule has 0 fully saturated rings. The van der Waals surface area contributed by atoms with Crippen LogP contribution in [-0.2, 0) is 6.54 Å². The van der Waals surface area contributed by atoms with Crippen LogP contribution in [0.15, 0.2) is 18.2 Å². The molecule has 112 valence electrons. The summed E-state index contributed by atoms with van der Waals surface area (Å²) in [6.45, 7) is 8.35. The summed E-state index contributed by atoms with van der Waals surface area (Å²) in [5.41, 5.74) is 7.36. The average molecular weight is 296 g/mol. The standard InChI is InChI=1S/C16H25FN2S/c1-4-5-6-9-19(12(2)3)11-13-7-8-14(17)10-15(13)16(18)20/h7-8,10,12H,4-6,9,11H2,1-3H3,(H2,18,20). The third-order valence-corrected chi connectivity index (χ3v) is 3.71. The third-order valence-electron chi connectivity index (χ3n) is 3.49. The Morgan fingerprint density at radius 3 is 2.60 bits per heavy atom. The Hall–Kier alpha value is -1.00. The normalized spacial score (nSPS) is 11.3. The monoisotopic (exact) mass is 296 g/mol. The van der Waals surface area contributed by atoms with Crippen molar-refractivity contribution in [3.05, 3.63) is 35.1 Å². The molecule has 1 rings (SSSR count). The largest absolute Gasteiger partial charge is 0.389 e. The van der Waals surface area contributed by atoms with Gasteiger partial charge in [0.05, 0.1) is 0 Å². The van der Waals surface area contributed by atoms with Crippen LogP contribution >= 0.6 is 12.2 Å². The van der Waals surface area contributed by atoms with Crippen LogP contribution in [0.25, 0.3) is 0 Å². The molecule has 0 spiro atoms. The first-order valence-electron chi connectivity index (χ1n) is 7.28. The number of nitrogens with zero attached hydrogens (tertiary/aromatic N) is 1. The Bertz CT molecular complexity index is 446. The zero-order valence-corrected chi connectivity index (χ0v) is 13.5. The lowest BCUT2D eigenvalue weighted by Gasteiger charge is -2.27. The molecule has 0 aliphatic rings. The predicted molar refractivity (Wildman–Crippen MR) is 87.4 cm³/mol. The SMILES string of the molecule is CCCCCN(Cc1ccc(F)cc1C(N)=S)C(C)C. The molecule has 0 aromatic heterocycles. The number of nitrogens with two attached hydrogens (primary N) is 1. The van der Waals surface area contributed by atoms with E-state index in [9.17, 15) is 4.39 Å². The molecule has 0 saturated carbocycles. The van der Waals surface area contributed by atoms with E-state index in [1.807, 2.05) is 0 Å². The first-order valence-corrected chi connectivity index (χ1v) is 7.68. The number of hydrogen-bond acceptors (Lipinski definition) is 2. The van der Waals surface area contributed by atoms with Gasteiger partial charge >= 0.3 is 0 Å². The van der Waals surface area contributed by atoms with Crippen LogP contribution in [0.2, 0.25) is 0 Å². The molecule has 0 aliphatic carbocycles. The molecule has 0 unspecified atom stereocenters.